The van der Waals surface area contributed by atoms with Crippen LogP contribution in [0.2, 0.25) is 0 Å². The first kappa shape index (κ1) is 19.6. The van der Waals surface area contributed by atoms with E-state index in [4.69, 9.17) is 10.5 Å². The molecule has 1 spiro atoms. The van der Waals surface area contributed by atoms with Gasteiger partial charge in [0, 0.05) is 22.8 Å². The summed E-state index contributed by atoms with van der Waals surface area (Å²) in [6.45, 7) is 2.20. The Bertz CT molecular complexity index is 944. The van der Waals surface area contributed by atoms with Crippen molar-refractivity contribution in [3.05, 3.63) is 43.8 Å². The maximum absolute atomic E-state index is 13.4. The van der Waals surface area contributed by atoms with Gasteiger partial charge in [0.05, 0.1) is 13.1 Å². The first-order valence-corrected chi connectivity index (χ1v) is 11.3. The summed E-state index contributed by atoms with van der Waals surface area (Å²) in [5.41, 5.74) is -0.957. The van der Waals surface area contributed by atoms with Gasteiger partial charge in [0.25, 0.3) is 0 Å². The molecule has 29 heavy (non-hydrogen) atoms. The molecule has 2 aromatic heterocycles. The van der Waals surface area contributed by atoms with Gasteiger partial charge < -0.3 is 9.80 Å². The lowest BCUT2D eigenvalue weighted by atomic mass is 9.72. The number of likely N-dealkylation sites (tertiary alicyclic amines) is 2. The molecule has 148 valence electrons. The average molecular weight is 425 g/mol. The van der Waals surface area contributed by atoms with E-state index >= 15 is 0 Å². The molecule has 0 aromatic carbocycles. The van der Waals surface area contributed by atoms with Gasteiger partial charge in [-0.05, 0) is 49.9 Å². The van der Waals surface area contributed by atoms with E-state index in [1.165, 1.54) is 22.7 Å². The van der Waals surface area contributed by atoms with Crippen molar-refractivity contribution in [3.8, 4) is 12.1 Å². The average Bonchev–Trinajstić information content (AvgIpc) is 3.38. The summed E-state index contributed by atoms with van der Waals surface area (Å²) in [7, 11) is 0. The predicted octanol–water partition coefficient (Wildman–Crippen LogP) is 3.48. The van der Waals surface area contributed by atoms with E-state index in [-0.39, 0.29) is 11.8 Å². The van der Waals surface area contributed by atoms with Crippen molar-refractivity contribution in [2.24, 2.45) is 5.41 Å². The maximum atomic E-state index is 13.4. The monoisotopic (exact) mass is 424 g/mol. The number of hydrogen-bond donors (Lipinski definition) is 0. The van der Waals surface area contributed by atoms with Crippen molar-refractivity contribution in [1.29, 1.82) is 10.5 Å². The molecule has 2 amide bonds. The zero-order valence-corrected chi connectivity index (χ0v) is 17.5. The number of rotatable bonds is 4. The molecule has 2 aliphatic rings. The van der Waals surface area contributed by atoms with Crippen molar-refractivity contribution in [2.45, 2.75) is 38.8 Å². The Labute approximate surface area is 177 Å². The molecule has 2 fully saturated rings. The van der Waals surface area contributed by atoms with Gasteiger partial charge in [-0.3, -0.25) is 9.59 Å². The molecule has 0 unspecified atom stereocenters. The van der Waals surface area contributed by atoms with Crippen LogP contribution in [0.4, 0.5) is 0 Å². The molecule has 2 saturated heterocycles. The zero-order valence-electron chi connectivity index (χ0n) is 15.9. The molecule has 6 nitrogen and oxygen atoms in total. The lowest BCUT2D eigenvalue weighted by Crippen LogP contribution is -2.59. The molecule has 4 rings (SSSR count). The number of amides is 2. The summed E-state index contributed by atoms with van der Waals surface area (Å²) in [6, 6.07) is 11.6. The van der Waals surface area contributed by atoms with Crippen molar-refractivity contribution < 1.29 is 9.59 Å². The summed E-state index contributed by atoms with van der Waals surface area (Å²) in [5.74, 6) is -0.150. The molecule has 0 bridgehead atoms. The van der Waals surface area contributed by atoms with Gasteiger partial charge in [-0.15, -0.1) is 22.7 Å². The van der Waals surface area contributed by atoms with E-state index in [9.17, 15) is 9.59 Å². The van der Waals surface area contributed by atoms with Crippen molar-refractivity contribution in [1.82, 2.24) is 9.80 Å². The largest absolute Gasteiger partial charge is 0.337 e. The van der Waals surface area contributed by atoms with Gasteiger partial charge in [-0.25, -0.2) is 0 Å². The third-order valence-electron chi connectivity index (χ3n) is 5.69. The first-order chi connectivity index (χ1) is 14.1. The quantitative estimate of drug-likeness (QED) is 0.703. The predicted molar refractivity (Wildman–Crippen MR) is 110 cm³/mol. The number of hydrogen-bond acceptors (Lipinski definition) is 6. The summed E-state index contributed by atoms with van der Waals surface area (Å²) >= 11 is 2.79. The van der Waals surface area contributed by atoms with Crippen LogP contribution in [-0.2, 0) is 22.7 Å². The minimum Gasteiger partial charge on any atom is -0.337 e. The molecule has 8 heteroatoms. The van der Waals surface area contributed by atoms with E-state index in [1.807, 2.05) is 12.1 Å². The third kappa shape index (κ3) is 3.66. The van der Waals surface area contributed by atoms with Crippen LogP contribution in [0, 0.1) is 28.1 Å². The number of thiophene rings is 2. The lowest BCUT2D eigenvalue weighted by molar-refractivity contribution is -0.165. The van der Waals surface area contributed by atoms with Gasteiger partial charge in [0.15, 0.2) is 0 Å². The van der Waals surface area contributed by atoms with E-state index in [0.29, 0.717) is 48.8 Å². The Morgan fingerprint density at radius 3 is 1.66 bits per heavy atom. The normalized spacial score (nSPS) is 18.7. The Morgan fingerprint density at radius 1 is 0.828 bits per heavy atom. The third-order valence-corrected chi connectivity index (χ3v) is 7.64. The van der Waals surface area contributed by atoms with Gasteiger partial charge in [0.2, 0.25) is 11.8 Å². The van der Waals surface area contributed by atoms with Crippen molar-refractivity contribution >= 4 is 34.5 Å². The molecule has 2 aromatic rings. The minimum atomic E-state index is -0.957. The Kier molecular flexibility index (Phi) is 5.40. The van der Waals surface area contributed by atoms with E-state index in [0.717, 1.165) is 22.6 Å². The molecule has 0 radical (unpaired) electrons. The van der Waals surface area contributed by atoms with E-state index < -0.39 is 5.41 Å². The number of nitriles is 2. The standard InChI is InChI=1S/C21H20N4O2S2/c22-11-15-3-5-17(28-15)13-24-9-1-7-21(19(24)26)8-2-10-25(20(21)27)14-18-6-4-16(12-23)29-18/h3-6H,1-2,7-10,13-14H2. The summed E-state index contributed by atoms with van der Waals surface area (Å²) in [6.07, 6.45) is 2.80. The van der Waals surface area contributed by atoms with Crippen molar-refractivity contribution in [2.75, 3.05) is 13.1 Å². The van der Waals surface area contributed by atoms with Crippen LogP contribution >= 0.6 is 22.7 Å². The van der Waals surface area contributed by atoms with E-state index in [2.05, 4.69) is 12.1 Å². The van der Waals surface area contributed by atoms with Crippen LogP contribution in [-0.4, -0.2) is 34.7 Å². The second kappa shape index (κ2) is 7.98. The molecule has 2 aliphatic heterocycles. The highest BCUT2D eigenvalue weighted by Crippen LogP contribution is 2.42. The lowest BCUT2D eigenvalue weighted by Gasteiger charge is -2.45. The number of carbonyl (C=O) groups excluding carboxylic acids is 2. The SMILES string of the molecule is N#Cc1ccc(CN2CCCC3(CCCN(Cc4ccc(C#N)s4)C3=O)C2=O)s1. The molecule has 0 aliphatic carbocycles. The number of carbonyl (C=O) groups is 2. The topological polar surface area (TPSA) is 88.2 Å². The van der Waals surface area contributed by atoms with Crippen LogP contribution < -0.4 is 0 Å². The van der Waals surface area contributed by atoms with Gasteiger partial charge in [0.1, 0.15) is 27.3 Å². The van der Waals surface area contributed by atoms with Crippen LogP contribution in [0.15, 0.2) is 24.3 Å². The van der Waals surface area contributed by atoms with Crippen LogP contribution in [0.3, 0.4) is 0 Å². The van der Waals surface area contributed by atoms with Gasteiger partial charge in [-0.1, -0.05) is 0 Å². The first-order valence-electron chi connectivity index (χ1n) is 9.62. The Balaban J connectivity index is 1.52. The molecular formula is C21H20N4O2S2. The summed E-state index contributed by atoms with van der Waals surface area (Å²) in [5, 5.41) is 18.0. The highest BCUT2D eigenvalue weighted by Gasteiger charge is 2.53. The maximum Gasteiger partial charge on any atom is 0.238 e. The van der Waals surface area contributed by atoms with Gasteiger partial charge in [-0.2, -0.15) is 10.5 Å². The summed E-state index contributed by atoms with van der Waals surface area (Å²) < 4.78 is 0. The Hall–Kier alpha value is -2.68. The van der Waals surface area contributed by atoms with Gasteiger partial charge >= 0.3 is 0 Å². The second-order valence-electron chi connectivity index (χ2n) is 7.50. The Morgan fingerprint density at radius 2 is 1.28 bits per heavy atom. The molecule has 0 atom stereocenters. The second-order valence-corrected chi connectivity index (χ2v) is 9.83. The number of piperidine rings is 2. The minimum absolute atomic E-state index is 0.0748. The number of nitrogens with zero attached hydrogens (tertiary/aromatic N) is 4. The highest BCUT2D eigenvalue weighted by molar-refractivity contribution is 7.12. The molecule has 0 N–H and O–H groups in total. The summed E-state index contributed by atoms with van der Waals surface area (Å²) in [4.78, 5) is 33.6. The highest BCUT2D eigenvalue weighted by atomic mass is 32.1. The molecule has 0 saturated carbocycles. The van der Waals surface area contributed by atoms with Crippen LogP contribution in [0.25, 0.3) is 0 Å². The zero-order chi connectivity index (χ0) is 20.4. The molecular weight excluding hydrogens is 404 g/mol. The molecule has 4 heterocycles. The van der Waals surface area contributed by atoms with E-state index in [1.54, 1.807) is 21.9 Å². The van der Waals surface area contributed by atoms with Crippen LogP contribution in [0.5, 0.6) is 0 Å². The fourth-order valence-electron chi connectivity index (χ4n) is 4.32. The fourth-order valence-corrected chi connectivity index (χ4v) is 5.96. The van der Waals surface area contributed by atoms with Crippen LogP contribution in [0.1, 0.15) is 45.2 Å². The fraction of sp³-hybridized carbons (Fsp3) is 0.429. The van der Waals surface area contributed by atoms with Crippen molar-refractivity contribution in [3.63, 3.8) is 0 Å². The smallest absolute Gasteiger partial charge is 0.238 e.